The molecule has 0 fully saturated rings. The van der Waals surface area contributed by atoms with E-state index in [-0.39, 0.29) is 23.5 Å². The Morgan fingerprint density at radius 2 is 2.10 bits per heavy atom. The molecule has 1 rings (SSSR count). The van der Waals surface area contributed by atoms with Crippen LogP contribution in [0, 0.1) is 10.1 Å². The van der Waals surface area contributed by atoms with Crippen molar-refractivity contribution in [1.29, 1.82) is 0 Å². The molecule has 110 valence electrons. The fraction of sp³-hybridized carbons (Fsp3) is 0.462. The lowest BCUT2D eigenvalue weighted by molar-refractivity contribution is -0.384. The van der Waals surface area contributed by atoms with Gasteiger partial charge in [-0.15, -0.1) is 0 Å². The van der Waals surface area contributed by atoms with E-state index in [1.807, 2.05) is 0 Å². The maximum absolute atomic E-state index is 11.5. The number of nitro groups is 1. The Morgan fingerprint density at radius 1 is 1.50 bits per heavy atom. The van der Waals surface area contributed by atoms with E-state index in [9.17, 15) is 20.0 Å². The van der Waals surface area contributed by atoms with Gasteiger partial charge >= 0.3 is 5.97 Å². The Kier molecular flexibility index (Phi) is 4.67. The standard InChI is InChI=1S/C13H18N2O5/c1-13(2,17)8-14(3)11-7-9(12(16)20-4)5-6-10(11)15(18)19/h5-7,17H,8H2,1-4H3. The van der Waals surface area contributed by atoms with Crippen molar-refractivity contribution in [1.82, 2.24) is 0 Å². The van der Waals surface area contributed by atoms with Crippen molar-refractivity contribution in [2.45, 2.75) is 19.4 Å². The molecule has 0 saturated carbocycles. The first-order valence-corrected chi connectivity index (χ1v) is 5.96. The Hall–Kier alpha value is -2.15. The monoisotopic (exact) mass is 282 g/mol. The molecule has 0 aliphatic rings. The summed E-state index contributed by atoms with van der Waals surface area (Å²) in [5, 5.41) is 20.8. The number of aliphatic hydroxyl groups is 1. The minimum atomic E-state index is -1.02. The number of rotatable bonds is 5. The summed E-state index contributed by atoms with van der Waals surface area (Å²) in [7, 11) is 2.85. The molecule has 1 aromatic carbocycles. The third-order valence-electron chi connectivity index (χ3n) is 2.63. The number of carbonyl (C=O) groups excluding carboxylic acids is 1. The van der Waals surface area contributed by atoms with E-state index in [4.69, 9.17) is 0 Å². The summed E-state index contributed by atoms with van der Waals surface area (Å²) < 4.78 is 4.60. The number of likely N-dealkylation sites (N-methyl/N-ethyl adjacent to an activating group) is 1. The lowest BCUT2D eigenvalue weighted by Gasteiger charge is -2.27. The molecule has 0 aliphatic heterocycles. The van der Waals surface area contributed by atoms with Crippen molar-refractivity contribution < 1.29 is 19.6 Å². The molecule has 1 N–H and O–H groups in total. The summed E-state index contributed by atoms with van der Waals surface area (Å²) in [6.07, 6.45) is 0. The molecule has 1 aromatic rings. The van der Waals surface area contributed by atoms with Gasteiger partial charge in [-0.2, -0.15) is 0 Å². The highest BCUT2D eigenvalue weighted by atomic mass is 16.6. The highest BCUT2D eigenvalue weighted by molar-refractivity contribution is 5.91. The molecular formula is C13H18N2O5. The molecule has 0 atom stereocenters. The van der Waals surface area contributed by atoms with E-state index in [0.29, 0.717) is 0 Å². The van der Waals surface area contributed by atoms with Gasteiger partial charge in [0.25, 0.3) is 5.69 Å². The van der Waals surface area contributed by atoms with E-state index >= 15 is 0 Å². The first-order chi connectivity index (χ1) is 9.15. The van der Waals surface area contributed by atoms with Gasteiger partial charge in [-0.25, -0.2) is 4.79 Å². The largest absolute Gasteiger partial charge is 0.465 e. The number of hydrogen-bond acceptors (Lipinski definition) is 6. The molecule has 20 heavy (non-hydrogen) atoms. The summed E-state index contributed by atoms with van der Waals surface area (Å²) in [4.78, 5) is 23.5. The number of nitro benzene ring substituents is 1. The van der Waals surface area contributed by atoms with Crippen LogP contribution in [0.3, 0.4) is 0 Å². The van der Waals surface area contributed by atoms with Crippen molar-refractivity contribution in [3.63, 3.8) is 0 Å². The number of carbonyl (C=O) groups is 1. The fourth-order valence-corrected chi connectivity index (χ4v) is 1.89. The smallest absolute Gasteiger partial charge is 0.337 e. The van der Waals surface area contributed by atoms with Crippen LogP contribution in [0.5, 0.6) is 0 Å². The van der Waals surface area contributed by atoms with Gasteiger partial charge in [-0.05, 0) is 26.0 Å². The number of benzene rings is 1. The van der Waals surface area contributed by atoms with Crippen molar-refractivity contribution >= 4 is 17.3 Å². The maximum atomic E-state index is 11.5. The van der Waals surface area contributed by atoms with E-state index < -0.39 is 16.5 Å². The molecule has 7 heteroatoms. The van der Waals surface area contributed by atoms with Crippen LogP contribution in [0.1, 0.15) is 24.2 Å². The summed E-state index contributed by atoms with van der Waals surface area (Å²) >= 11 is 0. The topological polar surface area (TPSA) is 92.9 Å². The highest BCUT2D eigenvalue weighted by Gasteiger charge is 2.23. The second-order valence-electron chi connectivity index (χ2n) is 5.12. The molecule has 0 heterocycles. The van der Waals surface area contributed by atoms with E-state index in [0.717, 1.165) is 0 Å². The van der Waals surface area contributed by atoms with Gasteiger partial charge in [0.2, 0.25) is 0 Å². The molecule has 0 unspecified atom stereocenters. The Bertz CT molecular complexity index is 522. The van der Waals surface area contributed by atoms with Gasteiger partial charge in [0.15, 0.2) is 0 Å². The van der Waals surface area contributed by atoms with Crippen LogP contribution in [0.2, 0.25) is 0 Å². The van der Waals surface area contributed by atoms with E-state index in [1.54, 1.807) is 20.9 Å². The summed E-state index contributed by atoms with van der Waals surface area (Å²) in [5.74, 6) is -0.571. The zero-order valence-corrected chi connectivity index (χ0v) is 11.9. The Labute approximate surface area is 116 Å². The lowest BCUT2D eigenvalue weighted by Crippen LogP contribution is -2.36. The van der Waals surface area contributed by atoms with Gasteiger partial charge in [0, 0.05) is 19.7 Å². The van der Waals surface area contributed by atoms with Crippen molar-refractivity contribution in [2.24, 2.45) is 0 Å². The summed E-state index contributed by atoms with van der Waals surface area (Å²) in [6.45, 7) is 3.37. The molecule has 0 saturated heterocycles. The van der Waals surface area contributed by atoms with Crippen molar-refractivity contribution in [2.75, 3.05) is 25.6 Å². The highest BCUT2D eigenvalue weighted by Crippen LogP contribution is 2.29. The zero-order valence-electron chi connectivity index (χ0n) is 11.9. The number of ether oxygens (including phenoxy) is 1. The third-order valence-corrected chi connectivity index (χ3v) is 2.63. The van der Waals surface area contributed by atoms with Crippen LogP contribution in [0.25, 0.3) is 0 Å². The van der Waals surface area contributed by atoms with Gasteiger partial charge in [0.05, 0.1) is 23.2 Å². The van der Waals surface area contributed by atoms with E-state index in [1.165, 1.54) is 30.2 Å². The lowest BCUT2D eigenvalue weighted by atomic mass is 10.1. The molecule has 0 bridgehead atoms. The van der Waals surface area contributed by atoms with Crippen LogP contribution >= 0.6 is 0 Å². The number of methoxy groups -OCH3 is 1. The third kappa shape index (κ3) is 3.92. The predicted octanol–water partition coefficient (Wildman–Crippen LogP) is 1.59. The van der Waals surface area contributed by atoms with Crippen LogP contribution in [-0.2, 0) is 4.74 Å². The number of hydrogen-bond donors (Lipinski definition) is 1. The van der Waals surface area contributed by atoms with Crippen molar-refractivity contribution in [3.05, 3.63) is 33.9 Å². The normalized spacial score (nSPS) is 11.1. The first-order valence-electron chi connectivity index (χ1n) is 5.96. The Morgan fingerprint density at radius 3 is 2.55 bits per heavy atom. The number of esters is 1. The summed E-state index contributed by atoms with van der Waals surface area (Å²) in [5.41, 5.74) is -0.690. The second kappa shape index (κ2) is 5.87. The SMILES string of the molecule is COC(=O)c1ccc([N+](=O)[O-])c(N(C)CC(C)(C)O)c1. The van der Waals surface area contributed by atoms with Crippen LogP contribution in [0.4, 0.5) is 11.4 Å². The average Bonchev–Trinajstić information content (AvgIpc) is 2.34. The summed E-state index contributed by atoms with van der Waals surface area (Å²) in [6, 6.07) is 3.98. The zero-order chi connectivity index (χ0) is 15.5. The van der Waals surface area contributed by atoms with E-state index in [2.05, 4.69) is 4.74 Å². The fourth-order valence-electron chi connectivity index (χ4n) is 1.89. The molecule has 0 aliphatic carbocycles. The average molecular weight is 282 g/mol. The maximum Gasteiger partial charge on any atom is 0.337 e. The molecule has 0 amide bonds. The molecular weight excluding hydrogens is 264 g/mol. The number of anilines is 1. The van der Waals surface area contributed by atoms with Crippen LogP contribution < -0.4 is 4.90 Å². The van der Waals surface area contributed by atoms with Gasteiger partial charge in [0.1, 0.15) is 5.69 Å². The van der Waals surface area contributed by atoms with Crippen LogP contribution in [-0.4, -0.2) is 42.3 Å². The van der Waals surface area contributed by atoms with Crippen molar-refractivity contribution in [3.8, 4) is 0 Å². The molecule has 0 spiro atoms. The van der Waals surface area contributed by atoms with Crippen LogP contribution in [0.15, 0.2) is 18.2 Å². The second-order valence-corrected chi connectivity index (χ2v) is 5.12. The molecule has 0 radical (unpaired) electrons. The first kappa shape index (κ1) is 15.9. The minimum absolute atomic E-state index is 0.135. The number of nitrogens with zero attached hydrogens (tertiary/aromatic N) is 2. The Balaban J connectivity index is 3.25. The predicted molar refractivity (Wildman–Crippen MR) is 74.0 cm³/mol. The van der Waals surface area contributed by atoms with Gasteiger partial charge < -0.3 is 14.7 Å². The minimum Gasteiger partial charge on any atom is -0.465 e. The molecule has 0 aromatic heterocycles. The van der Waals surface area contributed by atoms with Gasteiger partial charge in [-0.1, -0.05) is 0 Å². The molecule has 7 nitrogen and oxygen atoms in total. The quantitative estimate of drug-likeness (QED) is 0.501. The van der Waals surface area contributed by atoms with Gasteiger partial charge in [-0.3, -0.25) is 10.1 Å².